The number of ether oxygens (including phenoxy) is 3. The number of aromatic nitrogens is 2. The maximum absolute atomic E-state index is 13.9. The lowest BCUT2D eigenvalue weighted by Gasteiger charge is -2.10. The Morgan fingerprint density at radius 1 is 1.50 bits per heavy atom. The molecule has 0 saturated heterocycles. The Morgan fingerprint density at radius 3 is 2.95 bits per heavy atom. The fourth-order valence-electron chi connectivity index (χ4n) is 1.99. The number of H-pyrrole nitrogens is 1. The van der Waals surface area contributed by atoms with E-state index in [1.54, 1.807) is 0 Å². The summed E-state index contributed by atoms with van der Waals surface area (Å²) in [4.78, 5) is 10.9. The van der Waals surface area contributed by atoms with Gasteiger partial charge in [-0.3, -0.25) is 5.10 Å². The quantitative estimate of drug-likeness (QED) is 0.887. The summed E-state index contributed by atoms with van der Waals surface area (Å²) in [6, 6.07) is 2.41. The average molecular weight is 280 g/mol. The summed E-state index contributed by atoms with van der Waals surface area (Å²) in [7, 11) is 1.30. The third-order valence-electron chi connectivity index (χ3n) is 2.84. The van der Waals surface area contributed by atoms with Crippen LogP contribution >= 0.6 is 0 Å². The van der Waals surface area contributed by atoms with Crippen LogP contribution in [0.4, 0.5) is 4.39 Å². The third-order valence-corrected chi connectivity index (χ3v) is 2.84. The number of aromatic carboxylic acids is 1. The summed E-state index contributed by atoms with van der Waals surface area (Å²) >= 11 is 0. The number of fused-ring (bicyclic) bond motifs is 1. The molecule has 104 valence electrons. The second kappa shape index (κ2) is 4.41. The molecule has 0 atom stereocenters. The predicted octanol–water partition coefficient (Wildman–Crippen LogP) is 1.65. The van der Waals surface area contributed by atoms with Crippen molar-refractivity contribution < 1.29 is 28.5 Å². The maximum Gasteiger partial charge on any atom is 0.353 e. The first kappa shape index (κ1) is 12.3. The van der Waals surface area contributed by atoms with E-state index >= 15 is 0 Å². The zero-order valence-electron chi connectivity index (χ0n) is 10.3. The minimum atomic E-state index is -1.17. The molecule has 0 saturated carbocycles. The number of rotatable bonds is 3. The van der Waals surface area contributed by atoms with E-state index in [0.717, 1.165) is 6.07 Å². The summed E-state index contributed by atoms with van der Waals surface area (Å²) < 4.78 is 29.4. The molecule has 1 aromatic carbocycles. The maximum atomic E-state index is 13.9. The Balaban J connectivity index is 2.23. The molecular formula is C12H9FN2O5. The predicted molar refractivity (Wildman–Crippen MR) is 63.6 cm³/mol. The Bertz CT molecular complexity index is 694. The molecule has 1 aliphatic rings. The summed E-state index contributed by atoms with van der Waals surface area (Å²) in [5.74, 6) is -1.41. The van der Waals surface area contributed by atoms with Crippen LogP contribution in [0.2, 0.25) is 0 Å². The first-order chi connectivity index (χ1) is 9.61. The number of benzene rings is 1. The van der Waals surface area contributed by atoms with Gasteiger partial charge < -0.3 is 19.3 Å². The number of carboxylic acids is 1. The van der Waals surface area contributed by atoms with Gasteiger partial charge >= 0.3 is 5.97 Å². The highest BCUT2D eigenvalue weighted by Gasteiger charge is 2.28. The molecule has 0 amide bonds. The lowest BCUT2D eigenvalue weighted by atomic mass is 10.1. The van der Waals surface area contributed by atoms with Crippen LogP contribution in [0.3, 0.4) is 0 Å². The van der Waals surface area contributed by atoms with Crippen LogP contribution < -0.4 is 14.2 Å². The van der Waals surface area contributed by atoms with Crippen molar-refractivity contribution in [1.82, 2.24) is 10.2 Å². The van der Waals surface area contributed by atoms with Crippen molar-refractivity contribution in [3.05, 3.63) is 23.6 Å². The van der Waals surface area contributed by atoms with Crippen molar-refractivity contribution in [3.8, 4) is 28.5 Å². The van der Waals surface area contributed by atoms with E-state index in [4.69, 9.17) is 19.3 Å². The van der Waals surface area contributed by atoms with Gasteiger partial charge in [0.05, 0.1) is 12.7 Å². The van der Waals surface area contributed by atoms with Gasteiger partial charge in [-0.25, -0.2) is 9.18 Å². The minimum absolute atomic E-state index is 0.0504. The first-order valence-corrected chi connectivity index (χ1v) is 5.57. The second-order valence-corrected chi connectivity index (χ2v) is 3.97. The van der Waals surface area contributed by atoms with Gasteiger partial charge in [0.2, 0.25) is 6.79 Å². The van der Waals surface area contributed by atoms with Crippen LogP contribution in [0.1, 0.15) is 10.5 Å². The van der Waals surface area contributed by atoms with E-state index < -0.39 is 11.8 Å². The number of hydrogen-bond acceptors (Lipinski definition) is 5. The summed E-state index contributed by atoms with van der Waals surface area (Å²) in [5, 5.41) is 15.1. The lowest BCUT2D eigenvalue weighted by Crippen LogP contribution is -1.96. The summed E-state index contributed by atoms with van der Waals surface area (Å²) in [5.41, 5.74) is 0.281. The van der Waals surface area contributed by atoms with E-state index in [1.807, 2.05) is 0 Å². The molecule has 0 bridgehead atoms. The van der Waals surface area contributed by atoms with Crippen LogP contribution in [0.25, 0.3) is 11.3 Å². The van der Waals surface area contributed by atoms with Crippen molar-refractivity contribution in [1.29, 1.82) is 0 Å². The minimum Gasteiger partial charge on any atom is -0.493 e. The molecule has 2 N–H and O–H groups in total. The van der Waals surface area contributed by atoms with E-state index in [9.17, 15) is 9.18 Å². The summed E-state index contributed by atoms with van der Waals surface area (Å²) in [6.45, 7) is -0.0504. The van der Waals surface area contributed by atoms with Crippen molar-refractivity contribution in [2.24, 2.45) is 0 Å². The van der Waals surface area contributed by atoms with Crippen molar-refractivity contribution >= 4 is 5.97 Å². The molecule has 0 radical (unpaired) electrons. The largest absolute Gasteiger partial charge is 0.493 e. The third kappa shape index (κ3) is 1.73. The molecule has 0 fully saturated rings. The molecule has 0 spiro atoms. The number of nitrogens with zero attached hydrogens (tertiary/aromatic N) is 1. The Morgan fingerprint density at radius 2 is 2.30 bits per heavy atom. The molecule has 3 rings (SSSR count). The molecular weight excluding hydrogens is 271 g/mol. The summed E-state index contributed by atoms with van der Waals surface area (Å²) in [6.07, 6.45) is 0. The van der Waals surface area contributed by atoms with Gasteiger partial charge in [0.15, 0.2) is 23.1 Å². The molecule has 20 heavy (non-hydrogen) atoms. The molecule has 1 aliphatic heterocycles. The van der Waals surface area contributed by atoms with E-state index in [1.165, 1.54) is 13.2 Å². The number of aromatic amines is 1. The van der Waals surface area contributed by atoms with Gasteiger partial charge in [-0.15, -0.1) is 0 Å². The number of carbonyl (C=O) groups is 1. The van der Waals surface area contributed by atoms with Crippen molar-refractivity contribution in [2.75, 3.05) is 13.9 Å². The molecule has 7 nitrogen and oxygen atoms in total. The molecule has 2 heterocycles. The van der Waals surface area contributed by atoms with Gasteiger partial charge in [0.25, 0.3) is 0 Å². The molecule has 0 aliphatic carbocycles. The van der Waals surface area contributed by atoms with Crippen molar-refractivity contribution in [2.45, 2.75) is 0 Å². The second-order valence-electron chi connectivity index (χ2n) is 3.97. The van der Waals surface area contributed by atoms with Crippen LogP contribution in [0, 0.1) is 5.82 Å². The number of carboxylic acid groups (broad SMARTS) is 1. The lowest BCUT2D eigenvalue weighted by molar-refractivity contribution is 0.0690. The fraction of sp³-hybridized carbons (Fsp3) is 0.167. The Hall–Kier alpha value is -2.77. The van der Waals surface area contributed by atoms with Gasteiger partial charge in [-0.2, -0.15) is 5.10 Å². The highest BCUT2D eigenvalue weighted by atomic mass is 19.1. The number of methoxy groups -OCH3 is 1. The van der Waals surface area contributed by atoms with Gasteiger partial charge in [0, 0.05) is 6.07 Å². The average Bonchev–Trinajstić information content (AvgIpc) is 3.05. The fourth-order valence-corrected chi connectivity index (χ4v) is 1.99. The highest BCUT2D eigenvalue weighted by molar-refractivity contribution is 5.88. The van der Waals surface area contributed by atoms with Gasteiger partial charge in [-0.05, 0) is 6.07 Å². The van der Waals surface area contributed by atoms with Crippen molar-refractivity contribution in [3.63, 3.8) is 0 Å². The topological polar surface area (TPSA) is 93.7 Å². The van der Waals surface area contributed by atoms with Crippen LogP contribution in [0.5, 0.6) is 17.2 Å². The normalized spacial score (nSPS) is 12.5. The SMILES string of the molecule is COc1c(F)cc2c(c1-c1cc(C(=O)O)[nH]n1)OCO2. The van der Waals surface area contributed by atoms with Gasteiger partial charge in [0.1, 0.15) is 11.4 Å². The zero-order valence-corrected chi connectivity index (χ0v) is 10.3. The van der Waals surface area contributed by atoms with Crippen LogP contribution in [-0.2, 0) is 0 Å². The van der Waals surface area contributed by atoms with E-state index in [0.29, 0.717) is 0 Å². The number of halogens is 1. The smallest absolute Gasteiger partial charge is 0.353 e. The molecule has 8 heteroatoms. The highest BCUT2D eigenvalue weighted by Crippen LogP contribution is 2.47. The molecule has 0 unspecified atom stereocenters. The van der Waals surface area contributed by atoms with E-state index in [-0.39, 0.29) is 41.0 Å². The number of nitrogens with one attached hydrogen (secondary N) is 1. The van der Waals surface area contributed by atoms with E-state index in [2.05, 4.69) is 10.2 Å². The Kier molecular flexibility index (Phi) is 2.70. The Labute approximate surface area is 111 Å². The zero-order chi connectivity index (χ0) is 14.3. The van der Waals surface area contributed by atoms with Crippen LogP contribution in [-0.4, -0.2) is 35.2 Å². The monoisotopic (exact) mass is 280 g/mol. The number of hydrogen-bond donors (Lipinski definition) is 2. The first-order valence-electron chi connectivity index (χ1n) is 5.57. The van der Waals surface area contributed by atoms with Gasteiger partial charge in [-0.1, -0.05) is 0 Å². The van der Waals surface area contributed by atoms with Crippen LogP contribution in [0.15, 0.2) is 12.1 Å². The molecule has 2 aromatic rings. The standard InChI is InChI=1S/C12H9FN2O5/c1-18-10-5(13)2-8-11(20-4-19-8)9(10)6-3-7(12(16)17)15-14-6/h2-3H,4H2,1H3,(H,14,15)(H,16,17). The molecule has 1 aromatic heterocycles.